The van der Waals surface area contributed by atoms with Crippen LogP contribution in [0, 0.1) is 5.92 Å². The van der Waals surface area contributed by atoms with E-state index in [0.29, 0.717) is 22.4 Å². The topological polar surface area (TPSA) is 71.2 Å². The van der Waals surface area contributed by atoms with Crippen LogP contribution in [0.25, 0.3) is 0 Å². The lowest BCUT2D eigenvalue weighted by Crippen LogP contribution is -2.23. The molecule has 0 bridgehead atoms. The van der Waals surface area contributed by atoms with Gasteiger partial charge in [-0.1, -0.05) is 11.6 Å². The number of rotatable bonds is 3. The summed E-state index contributed by atoms with van der Waals surface area (Å²) in [4.78, 5) is 4.16. The molecule has 1 aliphatic carbocycles. The molecule has 0 atom stereocenters. The van der Waals surface area contributed by atoms with E-state index in [-0.39, 0.29) is 6.10 Å². The van der Waals surface area contributed by atoms with E-state index in [2.05, 4.69) is 10.3 Å². The highest BCUT2D eigenvalue weighted by Gasteiger charge is 2.19. The molecule has 4 N–H and O–H groups in total. The van der Waals surface area contributed by atoms with Crippen molar-refractivity contribution in [1.82, 2.24) is 4.98 Å². The number of pyridine rings is 1. The predicted octanol–water partition coefficient (Wildman–Crippen LogP) is 2.28. The van der Waals surface area contributed by atoms with Gasteiger partial charge in [0, 0.05) is 6.54 Å². The second-order valence-corrected chi connectivity index (χ2v) is 5.06. The number of nitrogens with zero attached hydrogens (tertiary/aromatic N) is 1. The highest BCUT2D eigenvalue weighted by Crippen LogP contribution is 2.26. The Balaban J connectivity index is 1.85. The summed E-state index contributed by atoms with van der Waals surface area (Å²) in [5.41, 5.74) is 6.15. The molecule has 1 saturated carbocycles. The van der Waals surface area contributed by atoms with E-state index in [9.17, 15) is 5.11 Å². The number of hydrogen-bond donors (Lipinski definition) is 3. The highest BCUT2D eigenvalue weighted by atomic mass is 35.5. The molecule has 0 aliphatic heterocycles. The molecular formula is C12H18ClN3O. The van der Waals surface area contributed by atoms with Crippen molar-refractivity contribution in [1.29, 1.82) is 0 Å². The van der Waals surface area contributed by atoms with Gasteiger partial charge in [0.1, 0.15) is 5.82 Å². The van der Waals surface area contributed by atoms with Gasteiger partial charge in [0.25, 0.3) is 0 Å². The highest BCUT2D eigenvalue weighted by molar-refractivity contribution is 6.33. The van der Waals surface area contributed by atoms with Crippen LogP contribution in [0.1, 0.15) is 25.7 Å². The maximum atomic E-state index is 9.42. The number of aliphatic hydroxyl groups excluding tert-OH is 1. The lowest BCUT2D eigenvalue weighted by Gasteiger charge is -2.25. The predicted molar refractivity (Wildman–Crippen MR) is 70.1 cm³/mol. The Hall–Kier alpha value is -1.00. The van der Waals surface area contributed by atoms with E-state index in [1.54, 1.807) is 12.3 Å². The molecular weight excluding hydrogens is 238 g/mol. The van der Waals surface area contributed by atoms with Crippen molar-refractivity contribution in [2.75, 3.05) is 17.6 Å². The van der Waals surface area contributed by atoms with E-state index >= 15 is 0 Å². The summed E-state index contributed by atoms with van der Waals surface area (Å²) in [6.07, 6.45) is 5.40. The number of halogens is 1. The molecule has 0 radical (unpaired) electrons. The Morgan fingerprint density at radius 3 is 2.76 bits per heavy atom. The van der Waals surface area contributed by atoms with Crippen LogP contribution in [0.5, 0.6) is 0 Å². The first-order valence-electron chi connectivity index (χ1n) is 5.98. The third kappa shape index (κ3) is 3.48. The fourth-order valence-electron chi connectivity index (χ4n) is 2.17. The fourth-order valence-corrected chi connectivity index (χ4v) is 2.41. The van der Waals surface area contributed by atoms with Gasteiger partial charge in [0.15, 0.2) is 0 Å². The van der Waals surface area contributed by atoms with E-state index in [0.717, 1.165) is 32.2 Å². The zero-order valence-corrected chi connectivity index (χ0v) is 10.5. The van der Waals surface area contributed by atoms with Gasteiger partial charge in [-0.15, -0.1) is 0 Å². The van der Waals surface area contributed by atoms with Crippen molar-refractivity contribution in [3.05, 3.63) is 17.3 Å². The van der Waals surface area contributed by atoms with Crippen LogP contribution in [0.3, 0.4) is 0 Å². The van der Waals surface area contributed by atoms with Crippen molar-refractivity contribution < 1.29 is 5.11 Å². The molecule has 94 valence electrons. The number of aliphatic hydroxyl groups is 1. The largest absolute Gasteiger partial charge is 0.397 e. The first kappa shape index (κ1) is 12.5. The molecule has 1 aliphatic rings. The van der Waals surface area contributed by atoms with Gasteiger partial charge in [0.05, 0.1) is 23.0 Å². The lowest BCUT2D eigenvalue weighted by atomic mass is 9.87. The monoisotopic (exact) mass is 255 g/mol. The third-order valence-electron chi connectivity index (χ3n) is 3.24. The van der Waals surface area contributed by atoms with Gasteiger partial charge in [0.2, 0.25) is 0 Å². The minimum atomic E-state index is -0.107. The maximum absolute atomic E-state index is 9.42. The van der Waals surface area contributed by atoms with Gasteiger partial charge in [-0.05, 0) is 37.7 Å². The minimum Gasteiger partial charge on any atom is -0.397 e. The van der Waals surface area contributed by atoms with Gasteiger partial charge >= 0.3 is 0 Å². The first-order chi connectivity index (χ1) is 8.15. The normalized spacial score (nSPS) is 24.6. The summed E-state index contributed by atoms with van der Waals surface area (Å²) in [5, 5.41) is 13.2. The molecule has 0 aromatic carbocycles. The molecule has 1 heterocycles. The van der Waals surface area contributed by atoms with Crippen LogP contribution in [0.2, 0.25) is 5.02 Å². The smallest absolute Gasteiger partial charge is 0.144 e. The molecule has 2 rings (SSSR count). The standard InChI is InChI=1S/C12H18ClN3O/c13-11-5-9(14)7-16-12(11)15-6-8-1-3-10(17)4-2-8/h5,7-8,10,17H,1-4,6,14H2,(H,15,16). The second kappa shape index (κ2) is 5.56. The van der Waals surface area contributed by atoms with Crippen LogP contribution in [-0.4, -0.2) is 22.7 Å². The molecule has 4 nitrogen and oxygen atoms in total. The van der Waals surface area contributed by atoms with Gasteiger partial charge in [-0.3, -0.25) is 0 Å². The third-order valence-corrected chi connectivity index (χ3v) is 3.52. The van der Waals surface area contributed by atoms with Gasteiger partial charge < -0.3 is 16.2 Å². The fraction of sp³-hybridized carbons (Fsp3) is 0.583. The zero-order valence-electron chi connectivity index (χ0n) is 9.69. The number of nitrogen functional groups attached to an aromatic ring is 1. The lowest BCUT2D eigenvalue weighted by molar-refractivity contribution is 0.111. The van der Waals surface area contributed by atoms with Gasteiger partial charge in [-0.2, -0.15) is 0 Å². The Labute approximate surface area is 106 Å². The Morgan fingerprint density at radius 2 is 2.12 bits per heavy atom. The van der Waals surface area contributed by atoms with Gasteiger partial charge in [-0.25, -0.2) is 4.98 Å². The summed E-state index contributed by atoms with van der Waals surface area (Å²) in [5.74, 6) is 1.28. The summed E-state index contributed by atoms with van der Waals surface area (Å²) in [6, 6.07) is 1.70. The summed E-state index contributed by atoms with van der Waals surface area (Å²) in [6.45, 7) is 0.851. The van der Waals surface area contributed by atoms with Crippen molar-refractivity contribution >= 4 is 23.1 Å². The maximum Gasteiger partial charge on any atom is 0.144 e. The minimum absolute atomic E-state index is 0.107. The van der Waals surface area contributed by atoms with Crippen molar-refractivity contribution in [3.8, 4) is 0 Å². The van der Waals surface area contributed by atoms with Crippen LogP contribution in [-0.2, 0) is 0 Å². The number of aromatic nitrogens is 1. The van der Waals surface area contributed by atoms with Crippen molar-refractivity contribution in [2.45, 2.75) is 31.8 Å². The zero-order chi connectivity index (χ0) is 12.3. The van der Waals surface area contributed by atoms with E-state index < -0.39 is 0 Å². The number of anilines is 2. The Morgan fingerprint density at radius 1 is 1.41 bits per heavy atom. The van der Waals surface area contributed by atoms with Crippen LogP contribution >= 0.6 is 11.6 Å². The summed E-state index contributed by atoms with van der Waals surface area (Å²) >= 11 is 6.03. The number of nitrogens with two attached hydrogens (primary N) is 1. The van der Waals surface area contributed by atoms with Crippen LogP contribution < -0.4 is 11.1 Å². The van der Waals surface area contributed by atoms with E-state index in [1.165, 1.54) is 0 Å². The second-order valence-electron chi connectivity index (χ2n) is 4.65. The molecule has 0 amide bonds. The molecule has 0 unspecified atom stereocenters. The molecule has 1 aromatic heterocycles. The Bertz CT molecular complexity index is 378. The SMILES string of the molecule is Nc1cnc(NCC2CCC(O)CC2)c(Cl)c1. The molecule has 17 heavy (non-hydrogen) atoms. The van der Waals surface area contributed by atoms with Crippen LogP contribution in [0.4, 0.5) is 11.5 Å². The average Bonchev–Trinajstić information content (AvgIpc) is 2.30. The van der Waals surface area contributed by atoms with E-state index in [1.807, 2.05) is 0 Å². The summed E-state index contributed by atoms with van der Waals surface area (Å²) in [7, 11) is 0. The molecule has 5 heteroatoms. The van der Waals surface area contributed by atoms with Crippen LogP contribution in [0.15, 0.2) is 12.3 Å². The molecule has 1 fully saturated rings. The molecule has 0 saturated heterocycles. The Kier molecular flexibility index (Phi) is 4.07. The van der Waals surface area contributed by atoms with Crippen molar-refractivity contribution in [3.63, 3.8) is 0 Å². The molecule has 1 aromatic rings. The number of hydrogen-bond acceptors (Lipinski definition) is 4. The first-order valence-corrected chi connectivity index (χ1v) is 6.36. The summed E-state index contributed by atoms with van der Waals surface area (Å²) < 4.78 is 0. The molecule has 0 spiro atoms. The number of nitrogens with one attached hydrogen (secondary N) is 1. The average molecular weight is 256 g/mol. The quantitative estimate of drug-likeness (QED) is 0.775. The van der Waals surface area contributed by atoms with Crippen molar-refractivity contribution in [2.24, 2.45) is 5.92 Å². The van der Waals surface area contributed by atoms with E-state index in [4.69, 9.17) is 17.3 Å².